The van der Waals surface area contributed by atoms with E-state index in [0.29, 0.717) is 0 Å². The average molecular weight is 332 g/mol. The Kier molecular flexibility index (Phi) is 6.75. The van der Waals surface area contributed by atoms with Crippen LogP contribution in [0, 0.1) is 0 Å². The van der Waals surface area contributed by atoms with Gasteiger partial charge in [-0.15, -0.1) is 0 Å². The zero-order valence-electron chi connectivity index (χ0n) is 14.9. The minimum Gasteiger partial charge on any atom is -0.339 e. The first-order valence-corrected chi connectivity index (χ1v) is 8.53. The van der Waals surface area contributed by atoms with Gasteiger partial charge in [-0.05, 0) is 33.0 Å². The molecule has 6 nitrogen and oxygen atoms in total. The monoisotopic (exact) mass is 332 g/mol. The molecule has 1 N–H and O–H groups in total. The van der Waals surface area contributed by atoms with Crippen LogP contribution >= 0.6 is 0 Å². The van der Waals surface area contributed by atoms with E-state index in [4.69, 9.17) is 0 Å². The van der Waals surface area contributed by atoms with Crippen molar-refractivity contribution in [3.8, 4) is 0 Å². The van der Waals surface area contributed by atoms with Crippen molar-refractivity contribution in [3.05, 3.63) is 30.3 Å². The maximum Gasteiger partial charge on any atom is 0.241 e. The predicted molar refractivity (Wildman–Crippen MR) is 96.0 cm³/mol. The number of amides is 2. The summed E-state index contributed by atoms with van der Waals surface area (Å²) < 4.78 is 0. The molecule has 0 radical (unpaired) electrons. The van der Waals surface area contributed by atoms with Gasteiger partial charge in [-0.3, -0.25) is 14.5 Å². The van der Waals surface area contributed by atoms with Crippen molar-refractivity contribution in [2.45, 2.75) is 19.9 Å². The number of para-hydroxylation sites is 1. The van der Waals surface area contributed by atoms with Crippen LogP contribution in [-0.2, 0) is 9.59 Å². The Balaban J connectivity index is 1.92. The van der Waals surface area contributed by atoms with Crippen LogP contribution in [0.5, 0.6) is 0 Å². The average Bonchev–Trinajstić information content (AvgIpc) is 2.56. The number of rotatable bonds is 6. The molecule has 0 unspecified atom stereocenters. The predicted octanol–water partition coefficient (Wildman–Crippen LogP) is 0.792. The molecule has 24 heavy (non-hydrogen) atoms. The molecule has 2 amide bonds. The third-order valence-electron chi connectivity index (χ3n) is 4.10. The standard InChI is InChI=1S/C18H28N4O2/c1-15(2)22(16-7-5-4-6-8-16)18(24)14-20(3)13-17(23)21-11-9-19-10-12-21/h4-8,15,19H,9-14H2,1-3H3. The first-order chi connectivity index (χ1) is 11.5. The molecule has 1 aliphatic heterocycles. The van der Waals surface area contributed by atoms with E-state index in [1.54, 1.807) is 9.80 Å². The normalized spacial score (nSPS) is 15.0. The van der Waals surface area contributed by atoms with Crippen molar-refractivity contribution >= 4 is 17.5 Å². The molecule has 0 saturated carbocycles. The molecular formula is C18H28N4O2. The van der Waals surface area contributed by atoms with E-state index >= 15 is 0 Å². The van der Waals surface area contributed by atoms with Gasteiger partial charge in [0.25, 0.3) is 0 Å². The minimum absolute atomic E-state index is 0.00631. The Morgan fingerprint density at radius 1 is 1.12 bits per heavy atom. The fourth-order valence-electron chi connectivity index (χ4n) is 2.93. The maximum atomic E-state index is 12.7. The summed E-state index contributed by atoms with van der Waals surface area (Å²) in [6, 6.07) is 9.72. The summed E-state index contributed by atoms with van der Waals surface area (Å²) in [6.45, 7) is 7.64. The number of carbonyl (C=O) groups is 2. The molecule has 132 valence electrons. The quantitative estimate of drug-likeness (QED) is 0.837. The van der Waals surface area contributed by atoms with Crippen LogP contribution < -0.4 is 10.2 Å². The highest BCUT2D eigenvalue weighted by atomic mass is 16.2. The fraction of sp³-hybridized carbons (Fsp3) is 0.556. The van der Waals surface area contributed by atoms with E-state index in [9.17, 15) is 9.59 Å². The lowest BCUT2D eigenvalue weighted by atomic mass is 10.2. The highest BCUT2D eigenvalue weighted by Crippen LogP contribution is 2.16. The van der Waals surface area contributed by atoms with Gasteiger partial charge in [0.15, 0.2) is 0 Å². The van der Waals surface area contributed by atoms with Gasteiger partial charge in [0.2, 0.25) is 11.8 Å². The number of nitrogens with zero attached hydrogens (tertiary/aromatic N) is 3. The lowest BCUT2D eigenvalue weighted by Gasteiger charge is -2.31. The van der Waals surface area contributed by atoms with Crippen molar-refractivity contribution in [3.63, 3.8) is 0 Å². The Morgan fingerprint density at radius 3 is 2.33 bits per heavy atom. The fourth-order valence-corrected chi connectivity index (χ4v) is 2.93. The molecule has 1 heterocycles. The first kappa shape index (κ1) is 18.4. The van der Waals surface area contributed by atoms with Gasteiger partial charge >= 0.3 is 0 Å². The first-order valence-electron chi connectivity index (χ1n) is 8.53. The number of piperazine rings is 1. The van der Waals surface area contributed by atoms with Gasteiger partial charge in [-0.25, -0.2) is 0 Å². The molecule has 1 aromatic rings. The number of likely N-dealkylation sites (N-methyl/N-ethyl adjacent to an activating group) is 1. The Labute approximate surface area is 144 Å². The number of hydrogen-bond donors (Lipinski definition) is 1. The van der Waals surface area contributed by atoms with Crippen LogP contribution in [-0.4, -0.2) is 74.0 Å². The molecule has 6 heteroatoms. The van der Waals surface area contributed by atoms with Crippen LogP contribution in [0.4, 0.5) is 5.69 Å². The van der Waals surface area contributed by atoms with E-state index in [0.717, 1.165) is 31.9 Å². The van der Waals surface area contributed by atoms with Gasteiger partial charge in [0, 0.05) is 37.9 Å². The molecular weight excluding hydrogens is 304 g/mol. The summed E-state index contributed by atoms with van der Waals surface area (Å²) in [5.74, 6) is 0.0921. The Hall–Kier alpha value is -1.92. The molecule has 2 rings (SSSR count). The van der Waals surface area contributed by atoms with Crippen molar-refractivity contribution in [2.75, 3.05) is 51.2 Å². The van der Waals surface area contributed by atoms with Gasteiger partial charge in [-0.2, -0.15) is 0 Å². The summed E-state index contributed by atoms with van der Waals surface area (Å²) in [4.78, 5) is 30.4. The number of anilines is 1. The smallest absolute Gasteiger partial charge is 0.241 e. The van der Waals surface area contributed by atoms with Crippen molar-refractivity contribution in [2.24, 2.45) is 0 Å². The van der Waals surface area contributed by atoms with E-state index in [2.05, 4.69) is 5.32 Å². The van der Waals surface area contributed by atoms with Gasteiger partial charge < -0.3 is 15.1 Å². The molecule has 0 aromatic heterocycles. The number of hydrogen-bond acceptors (Lipinski definition) is 4. The Bertz CT molecular complexity index is 541. The van der Waals surface area contributed by atoms with E-state index < -0.39 is 0 Å². The van der Waals surface area contributed by atoms with Crippen LogP contribution in [0.2, 0.25) is 0 Å². The lowest BCUT2D eigenvalue weighted by molar-refractivity contribution is -0.133. The lowest BCUT2D eigenvalue weighted by Crippen LogP contribution is -2.50. The second kappa shape index (κ2) is 8.80. The van der Waals surface area contributed by atoms with Crippen LogP contribution in [0.1, 0.15) is 13.8 Å². The van der Waals surface area contributed by atoms with Crippen LogP contribution in [0.3, 0.4) is 0 Å². The second-order valence-corrected chi connectivity index (χ2v) is 6.50. The Morgan fingerprint density at radius 2 is 1.75 bits per heavy atom. The second-order valence-electron chi connectivity index (χ2n) is 6.50. The van der Waals surface area contributed by atoms with Crippen LogP contribution in [0.15, 0.2) is 30.3 Å². The van der Waals surface area contributed by atoms with E-state index in [-0.39, 0.29) is 30.9 Å². The largest absolute Gasteiger partial charge is 0.339 e. The summed E-state index contributed by atoms with van der Waals surface area (Å²) in [6.07, 6.45) is 0. The van der Waals surface area contributed by atoms with Gasteiger partial charge in [-0.1, -0.05) is 18.2 Å². The minimum atomic E-state index is 0.00631. The summed E-state index contributed by atoms with van der Waals surface area (Å²) >= 11 is 0. The van der Waals surface area contributed by atoms with Crippen molar-refractivity contribution in [1.82, 2.24) is 15.1 Å². The van der Waals surface area contributed by atoms with Crippen molar-refractivity contribution in [1.29, 1.82) is 0 Å². The molecule has 1 saturated heterocycles. The number of benzene rings is 1. The molecule has 1 aliphatic rings. The SMILES string of the molecule is CC(C)N(C(=O)CN(C)CC(=O)N1CCNCC1)c1ccccc1. The highest BCUT2D eigenvalue weighted by molar-refractivity contribution is 5.95. The third-order valence-corrected chi connectivity index (χ3v) is 4.10. The van der Waals surface area contributed by atoms with Gasteiger partial charge in [0.1, 0.15) is 0 Å². The highest BCUT2D eigenvalue weighted by Gasteiger charge is 2.23. The topological polar surface area (TPSA) is 55.9 Å². The summed E-state index contributed by atoms with van der Waals surface area (Å²) in [5, 5.41) is 3.23. The van der Waals surface area contributed by atoms with E-state index in [1.165, 1.54) is 0 Å². The summed E-state index contributed by atoms with van der Waals surface area (Å²) in [7, 11) is 1.82. The number of carbonyl (C=O) groups excluding carboxylic acids is 2. The molecule has 1 aromatic carbocycles. The molecule has 0 atom stereocenters. The number of nitrogens with one attached hydrogen (secondary N) is 1. The molecule has 0 spiro atoms. The maximum absolute atomic E-state index is 12.7. The zero-order chi connectivity index (χ0) is 17.5. The molecule has 1 fully saturated rings. The van der Waals surface area contributed by atoms with E-state index in [1.807, 2.05) is 56.1 Å². The van der Waals surface area contributed by atoms with Crippen LogP contribution in [0.25, 0.3) is 0 Å². The van der Waals surface area contributed by atoms with Crippen molar-refractivity contribution < 1.29 is 9.59 Å². The molecule has 0 aliphatic carbocycles. The summed E-state index contributed by atoms with van der Waals surface area (Å²) in [5.41, 5.74) is 0.888. The van der Waals surface area contributed by atoms with Gasteiger partial charge in [0.05, 0.1) is 13.1 Å². The molecule has 0 bridgehead atoms. The third kappa shape index (κ3) is 5.04. The zero-order valence-corrected chi connectivity index (χ0v) is 14.9.